The summed E-state index contributed by atoms with van der Waals surface area (Å²) in [5, 5.41) is 3.18. The van der Waals surface area contributed by atoms with E-state index >= 15 is 0 Å². The van der Waals surface area contributed by atoms with Gasteiger partial charge in [-0.15, -0.1) is 0 Å². The molecule has 1 aromatic carbocycles. The summed E-state index contributed by atoms with van der Waals surface area (Å²) >= 11 is 0. The second kappa shape index (κ2) is 6.56. The number of nitrogens with one attached hydrogen (secondary N) is 2. The Kier molecular flexibility index (Phi) is 5.56. The zero-order valence-corrected chi connectivity index (χ0v) is 13.4. The van der Waals surface area contributed by atoms with Crippen molar-refractivity contribution in [2.75, 3.05) is 18.4 Å². The second-order valence-electron chi connectivity index (χ2n) is 5.99. The van der Waals surface area contributed by atoms with E-state index in [-0.39, 0.29) is 16.4 Å². The first-order chi connectivity index (χ1) is 9.18. The highest BCUT2D eigenvalue weighted by Crippen LogP contribution is 2.23. The second-order valence-corrected chi connectivity index (χ2v) is 7.68. The molecule has 0 heterocycles. The molecule has 4 N–H and O–H groups in total. The molecule has 0 aliphatic carbocycles. The number of hydrogen-bond acceptors (Lipinski definition) is 4. The monoisotopic (exact) mass is 299 g/mol. The highest BCUT2D eigenvalue weighted by Gasteiger charge is 2.21. The molecule has 0 spiro atoms. The number of anilines is 1. The van der Waals surface area contributed by atoms with E-state index in [4.69, 9.17) is 5.73 Å². The normalized spacial score (nSPS) is 12.7. The quantitative estimate of drug-likeness (QED) is 0.716. The minimum atomic E-state index is -3.51. The Morgan fingerprint density at radius 1 is 1.25 bits per heavy atom. The lowest BCUT2D eigenvalue weighted by molar-refractivity contribution is 0.405. The van der Waals surface area contributed by atoms with Gasteiger partial charge in [-0.05, 0) is 37.9 Å². The molecule has 0 radical (unpaired) electrons. The van der Waals surface area contributed by atoms with Crippen LogP contribution in [0.3, 0.4) is 0 Å². The fourth-order valence-electron chi connectivity index (χ4n) is 1.63. The van der Waals surface area contributed by atoms with Gasteiger partial charge in [0.2, 0.25) is 10.0 Å². The highest BCUT2D eigenvalue weighted by molar-refractivity contribution is 7.89. The maximum absolute atomic E-state index is 12.3. The molecule has 0 saturated heterocycles. The van der Waals surface area contributed by atoms with E-state index in [1.54, 1.807) is 32.0 Å². The first kappa shape index (κ1) is 16.9. The van der Waals surface area contributed by atoms with Gasteiger partial charge in [-0.25, -0.2) is 13.1 Å². The standard InChI is InChI=1S/C14H25N3O2S/c1-11(2)17-20(18,19)13-8-6-5-7-12(13)16-10-14(3,4)9-15/h5-8,11,16-17H,9-10,15H2,1-4H3. The number of nitrogens with two attached hydrogens (primary N) is 1. The fraction of sp³-hybridized carbons (Fsp3) is 0.571. The summed E-state index contributed by atoms with van der Waals surface area (Å²) in [5.74, 6) is 0. The summed E-state index contributed by atoms with van der Waals surface area (Å²) in [6.45, 7) is 8.79. The SMILES string of the molecule is CC(C)NS(=O)(=O)c1ccccc1NCC(C)(C)CN. The van der Waals surface area contributed by atoms with Gasteiger partial charge in [-0.1, -0.05) is 26.0 Å². The lowest BCUT2D eigenvalue weighted by atomic mass is 9.94. The number of benzene rings is 1. The van der Waals surface area contributed by atoms with Crippen LogP contribution in [0, 0.1) is 5.41 Å². The Bertz CT molecular complexity index is 539. The first-order valence-corrected chi connectivity index (χ1v) is 8.21. The van der Waals surface area contributed by atoms with Gasteiger partial charge in [0.1, 0.15) is 4.90 Å². The van der Waals surface area contributed by atoms with E-state index in [0.717, 1.165) is 0 Å². The third kappa shape index (κ3) is 4.77. The largest absolute Gasteiger partial charge is 0.383 e. The molecule has 0 unspecified atom stereocenters. The summed E-state index contributed by atoms with van der Waals surface area (Å²) in [6.07, 6.45) is 0. The van der Waals surface area contributed by atoms with Crippen LogP contribution in [0.1, 0.15) is 27.7 Å². The predicted octanol–water partition coefficient (Wildman–Crippen LogP) is 1.77. The van der Waals surface area contributed by atoms with Crippen LogP contribution in [0.25, 0.3) is 0 Å². The lowest BCUT2D eigenvalue weighted by Crippen LogP contribution is -2.33. The summed E-state index contributed by atoms with van der Waals surface area (Å²) in [5.41, 5.74) is 6.19. The van der Waals surface area contributed by atoms with Gasteiger partial charge in [0.15, 0.2) is 0 Å². The van der Waals surface area contributed by atoms with Crippen LogP contribution in [0.4, 0.5) is 5.69 Å². The molecule has 0 fully saturated rings. The molecule has 5 nitrogen and oxygen atoms in total. The molecular formula is C14H25N3O2S. The van der Waals surface area contributed by atoms with Crippen molar-refractivity contribution in [3.63, 3.8) is 0 Å². The smallest absolute Gasteiger partial charge is 0.242 e. The number of sulfonamides is 1. The van der Waals surface area contributed by atoms with Crippen molar-refractivity contribution in [1.29, 1.82) is 0 Å². The van der Waals surface area contributed by atoms with Crippen molar-refractivity contribution in [1.82, 2.24) is 4.72 Å². The Balaban J connectivity index is 3.00. The van der Waals surface area contributed by atoms with Crippen LogP contribution in [-0.4, -0.2) is 27.5 Å². The zero-order valence-electron chi connectivity index (χ0n) is 12.6. The minimum Gasteiger partial charge on any atom is -0.383 e. The van der Waals surface area contributed by atoms with Crippen molar-refractivity contribution in [3.05, 3.63) is 24.3 Å². The molecule has 0 aliphatic rings. The Labute approximate surface area is 122 Å². The van der Waals surface area contributed by atoms with E-state index in [9.17, 15) is 8.42 Å². The van der Waals surface area contributed by atoms with Crippen LogP contribution in [0.2, 0.25) is 0 Å². The van der Waals surface area contributed by atoms with Gasteiger partial charge in [-0.3, -0.25) is 0 Å². The van der Waals surface area contributed by atoms with E-state index < -0.39 is 10.0 Å². The van der Waals surface area contributed by atoms with Crippen molar-refractivity contribution in [2.24, 2.45) is 11.1 Å². The van der Waals surface area contributed by atoms with Crippen LogP contribution < -0.4 is 15.8 Å². The average molecular weight is 299 g/mol. The van der Waals surface area contributed by atoms with Gasteiger partial charge >= 0.3 is 0 Å². The number of para-hydroxylation sites is 1. The third-order valence-electron chi connectivity index (χ3n) is 2.88. The summed E-state index contributed by atoms with van der Waals surface area (Å²) < 4.78 is 27.2. The summed E-state index contributed by atoms with van der Waals surface area (Å²) in [6, 6.07) is 6.75. The molecule has 20 heavy (non-hydrogen) atoms. The van der Waals surface area contributed by atoms with Crippen LogP contribution in [-0.2, 0) is 10.0 Å². The third-order valence-corrected chi connectivity index (χ3v) is 4.59. The Morgan fingerprint density at radius 3 is 2.40 bits per heavy atom. The molecule has 0 bridgehead atoms. The van der Waals surface area contributed by atoms with E-state index in [0.29, 0.717) is 18.8 Å². The summed E-state index contributed by atoms with van der Waals surface area (Å²) in [4.78, 5) is 0.265. The van der Waals surface area contributed by atoms with Gasteiger partial charge in [0, 0.05) is 12.6 Å². The van der Waals surface area contributed by atoms with E-state index in [2.05, 4.69) is 10.0 Å². The molecule has 1 rings (SSSR count). The lowest BCUT2D eigenvalue weighted by Gasteiger charge is -2.24. The molecule has 1 aromatic rings. The molecule has 0 aliphatic heterocycles. The highest BCUT2D eigenvalue weighted by atomic mass is 32.2. The van der Waals surface area contributed by atoms with E-state index in [1.165, 1.54) is 0 Å². The molecule has 0 aromatic heterocycles. The van der Waals surface area contributed by atoms with Crippen molar-refractivity contribution < 1.29 is 8.42 Å². The average Bonchev–Trinajstić information content (AvgIpc) is 2.35. The van der Waals surface area contributed by atoms with Crippen LogP contribution in [0.15, 0.2) is 29.2 Å². The number of hydrogen-bond donors (Lipinski definition) is 3. The molecule has 6 heteroatoms. The fourth-order valence-corrected chi connectivity index (χ4v) is 3.06. The Hall–Kier alpha value is -1.11. The molecular weight excluding hydrogens is 274 g/mol. The van der Waals surface area contributed by atoms with Crippen LogP contribution in [0.5, 0.6) is 0 Å². The number of rotatable bonds is 7. The van der Waals surface area contributed by atoms with E-state index in [1.807, 2.05) is 19.9 Å². The maximum Gasteiger partial charge on any atom is 0.242 e. The zero-order chi connectivity index (χ0) is 15.4. The van der Waals surface area contributed by atoms with Gasteiger partial charge in [0.25, 0.3) is 0 Å². The Morgan fingerprint density at radius 2 is 1.85 bits per heavy atom. The van der Waals surface area contributed by atoms with Gasteiger partial charge in [0.05, 0.1) is 5.69 Å². The van der Waals surface area contributed by atoms with Crippen LogP contribution >= 0.6 is 0 Å². The van der Waals surface area contributed by atoms with Gasteiger partial charge < -0.3 is 11.1 Å². The predicted molar refractivity (Wildman–Crippen MR) is 83.2 cm³/mol. The van der Waals surface area contributed by atoms with Crippen molar-refractivity contribution >= 4 is 15.7 Å². The molecule has 0 saturated carbocycles. The van der Waals surface area contributed by atoms with Gasteiger partial charge in [-0.2, -0.15) is 0 Å². The minimum absolute atomic E-state index is 0.0949. The molecule has 0 amide bonds. The molecule has 114 valence electrons. The van der Waals surface area contributed by atoms with Crippen molar-refractivity contribution in [2.45, 2.75) is 38.6 Å². The topological polar surface area (TPSA) is 84.2 Å². The molecule has 0 atom stereocenters. The maximum atomic E-state index is 12.3. The summed E-state index contributed by atoms with van der Waals surface area (Å²) in [7, 11) is -3.51. The first-order valence-electron chi connectivity index (χ1n) is 6.73. The van der Waals surface area contributed by atoms with Crippen molar-refractivity contribution in [3.8, 4) is 0 Å².